The second-order valence-electron chi connectivity index (χ2n) is 5.42. The Labute approximate surface area is 160 Å². The molecular weight excluding hydrogens is 392 g/mol. The average Bonchev–Trinajstić information content (AvgIpc) is 3.14. The summed E-state index contributed by atoms with van der Waals surface area (Å²) in [6, 6.07) is 14.4. The quantitative estimate of drug-likeness (QED) is 0.621. The minimum atomic E-state index is -3.73. The summed E-state index contributed by atoms with van der Waals surface area (Å²) in [7, 11) is -3.73. The van der Waals surface area contributed by atoms with Crippen LogP contribution in [0.3, 0.4) is 0 Å². The van der Waals surface area contributed by atoms with Gasteiger partial charge in [0.25, 0.3) is 5.91 Å². The van der Waals surface area contributed by atoms with Crippen LogP contribution >= 0.6 is 11.6 Å². The summed E-state index contributed by atoms with van der Waals surface area (Å²) in [6.07, 6.45) is 0. The Kier molecular flexibility index (Phi) is 5.84. The first-order valence-corrected chi connectivity index (χ1v) is 9.70. The Hall–Kier alpha value is -2.75. The molecule has 0 spiro atoms. The molecule has 0 aliphatic heterocycles. The van der Waals surface area contributed by atoms with E-state index in [4.69, 9.17) is 16.0 Å². The second-order valence-corrected chi connectivity index (χ2v) is 7.62. The third kappa shape index (κ3) is 5.13. The van der Waals surface area contributed by atoms with Crippen molar-refractivity contribution < 1.29 is 17.6 Å². The molecule has 1 aromatic heterocycles. The second kappa shape index (κ2) is 8.30. The van der Waals surface area contributed by atoms with Crippen LogP contribution in [0, 0.1) is 0 Å². The van der Waals surface area contributed by atoms with Gasteiger partial charge in [-0.05, 0) is 36.4 Å². The Bertz CT molecular complexity index is 1020. The van der Waals surface area contributed by atoms with Crippen LogP contribution < -0.4 is 10.0 Å². The normalized spacial score (nSPS) is 11.3. The maximum absolute atomic E-state index is 12.2. The van der Waals surface area contributed by atoms with E-state index in [1.165, 1.54) is 24.3 Å². The average molecular weight is 407 g/mol. The first-order valence-electron chi connectivity index (χ1n) is 7.84. The van der Waals surface area contributed by atoms with E-state index in [-0.39, 0.29) is 35.7 Å². The van der Waals surface area contributed by atoms with Crippen molar-refractivity contribution in [3.63, 3.8) is 0 Å². The zero-order valence-corrected chi connectivity index (χ0v) is 15.5. The number of carbonyl (C=O) groups excluding carboxylic acids is 1. The topological polar surface area (TPSA) is 114 Å². The molecule has 0 saturated carbocycles. The van der Waals surface area contributed by atoms with E-state index in [9.17, 15) is 13.2 Å². The molecule has 27 heavy (non-hydrogen) atoms. The molecule has 0 bridgehead atoms. The van der Waals surface area contributed by atoms with Crippen LogP contribution in [0.4, 0.5) is 0 Å². The molecule has 8 nitrogen and oxygen atoms in total. The maximum atomic E-state index is 12.2. The van der Waals surface area contributed by atoms with Crippen LogP contribution in [0.15, 0.2) is 63.9 Å². The summed E-state index contributed by atoms with van der Waals surface area (Å²) in [4.78, 5) is 12.0. The van der Waals surface area contributed by atoms with Crippen LogP contribution in [0.1, 0.15) is 22.1 Å². The van der Waals surface area contributed by atoms with Crippen molar-refractivity contribution in [3.05, 3.63) is 77.0 Å². The first-order chi connectivity index (χ1) is 12.9. The number of hydrogen-bond acceptors (Lipinski definition) is 6. The smallest absolute Gasteiger partial charge is 0.251 e. The summed E-state index contributed by atoms with van der Waals surface area (Å²) >= 11 is 5.75. The van der Waals surface area contributed by atoms with Gasteiger partial charge < -0.3 is 9.73 Å². The lowest BCUT2D eigenvalue weighted by molar-refractivity contribution is 0.0947. The van der Waals surface area contributed by atoms with E-state index in [0.717, 1.165) is 0 Å². The van der Waals surface area contributed by atoms with Crippen molar-refractivity contribution in [1.29, 1.82) is 0 Å². The molecule has 2 N–H and O–H groups in total. The Balaban J connectivity index is 1.55. The van der Waals surface area contributed by atoms with Gasteiger partial charge in [-0.15, -0.1) is 10.2 Å². The van der Waals surface area contributed by atoms with Crippen LogP contribution in [-0.4, -0.2) is 24.5 Å². The zero-order chi connectivity index (χ0) is 19.3. The molecule has 3 rings (SSSR count). The lowest BCUT2D eigenvalue weighted by atomic mass is 10.2. The number of nitrogens with zero attached hydrogens (tertiary/aromatic N) is 2. The zero-order valence-electron chi connectivity index (χ0n) is 13.9. The van der Waals surface area contributed by atoms with Gasteiger partial charge in [0.05, 0.1) is 18.0 Å². The van der Waals surface area contributed by atoms with Gasteiger partial charge in [-0.25, -0.2) is 13.1 Å². The standard InChI is InChI=1S/C17H15ClN4O4S/c18-13-6-8-14(9-7-13)27(24,25)20-11-16-22-21-15(26-16)10-19-17(23)12-4-2-1-3-5-12/h1-9,20H,10-11H2,(H,19,23). The number of aromatic nitrogens is 2. The van der Waals surface area contributed by atoms with Crippen molar-refractivity contribution in [3.8, 4) is 0 Å². The van der Waals surface area contributed by atoms with Crippen molar-refractivity contribution in [2.24, 2.45) is 0 Å². The number of sulfonamides is 1. The number of amides is 1. The third-order valence-electron chi connectivity index (χ3n) is 3.48. The van der Waals surface area contributed by atoms with E-state index < -0.39 is 10.0 Å². The molecular formula is C17H15ClN4O4S. The summed E-state index contributed by atoms with van der Waals surface area (Å²) in [5.74, 6) is -0.0322. The fourth-order valence-electron chi connectivity index (χ4n) is 2.13. The summed E-state index contributed by atoms with van der Waals surface area (Å²) < 4.78 is 32.1. The van der Waals surface area contributed by atoms with Crippen LogP contribution in [-0.2, 0) is 23.1 Å². The number of nitrogens with one attached hydrogen (secondary N) is 2. The fraction of sp³-hybridized carbons (Fsp3) is 0.118. The summed E-state index contributed by atoms with van der Waals surface area (Å²) in [5, 5.41) is 10.6. The molecule has 1 heterocycles. The number of benzene rings is 2. The van der Waals surface area contributed by atoms with Gasteiger partial charge in [-0.2, -0.15) is 0 Å². The first kappa shape index (κ1) is 19.0. The molecule has 2 aromatic carbocycles. The molecule has 0 fully saturated rings. The largest absolute Gasteiger partial charge is 0.422 e. The predicted octanol–water partition coefficient (Wildman–Crippen LogP) is 2.13. The molecule has 0 unspecified atom stereocenters. The SMILES string of the molecule is O=C(NCc1nnc(CNS(=O)(=O)c2ccc(Cl)cc2)o1)c1ccccc1. The van der Waals surface area contributed by atoms with E-state index in [0.29, 0.717) is 10.6 Å². The van der Waals surface area contributed by atoms with Gasteiger partial charge in [-0.3, -0.25) is 4.79 Å². The highest BCUT2D eigenvalue weighted by Crippen LogP contribution is 2.14. The van der Waals surface area contributed by atoms with E-state index >= 15 is 0 Å². The van der Waals surface area contributed by atoms with Gasteiger partial charge in [0.1, 0.15) is 0 Å². The van der Waals surface area contributed by atoms with Gasteiger partial charge in [-0.1, -0.05) is 29.8 Å². The Morgan fingerprint density at radius 1 is 0.963 bits per heavy atom. The third-order valence-corrected chi connectivity index (χ3v) is 5.15. The highest BCUT2D eigenvalue weighted by atomic mass is 35.5. The van der Waals surface area contributed by atoms with E-state index in [1.807, 2.05) is 6.07 Å². The van der Waals surface area contributed by atoms with Gasteiger partial charge in [0.2, 0.25) is 21.8 Å². The van der Waals surface area contributed by atoms with E-state index in [1.54, 1.807) is 24.3 Å². The van der Waals surface area contributed by atoms with Crippen molar-refractivity contribution in [2.75, 3.05) is 0 Å². The van der Waals surface area contributed by atoms with Gasteiger partial charge in [0.15, 0.2) is 0 Å². The fourth-order valence-corrected chi connectivity index (χ4v) is 3.23. The highest BCUT2D eigenvalue weighted by molar-refractivity contribution is 7.89. The molecule has 0 aliphatic rings. The number of carbonyl (C=O) groups is 1. The lowest BCUT2D eigenvalue weighted by Crippen LogP contribution is -2.23. The Morgan fingerprint density at radius 3 is 2.26 bits per heavy atom. The van der Waals surface area contributed by atoms with Gasteiger partial charge in [0, 0.05) is 10.6 Å². The monoisotopic (exact) mass is 406 g/mol. The van der Waals surface area contributed by atoms with Crippen molar-refractivity contribution in [1.82, 2.24) is 20.2 Å². The molecule has 3 aromatic rings. The predicted molar refractivity (Wildman–Crippen MR) is 97.4 cm³/mol. The lowest BCUT2D eigenvalue weighted by Gasteiger charge is -2.04. The molecule has 0 aliphatic carbocycles. The van der Waals surface area contributed by atoms with Crippen LogP contribution in [0.25, 0.3) is 0 Å². The maximum Gasteiger partial charge on any atom is 0.251 e. The molecule has 10 heteroatoms. The molecule has 0 saturated heterocycles. The minimum Gasteiger partial charge on any atom is -0.422 e. The molecule has 140 valence electrons. The summed E-state index contributed by atoms with van der Waals surface area (Å²) in [6.45, 7) is -0.144. The van der Waals surface area contributed by atoms with Gasteiger partial charge >= 0.3 is 0 Å². The number of rotatable bonds is 7. The van der Waals surface area contributed by atoms with Crippen molar-refractivity contribution >= 4 is 27.5 Å². The highest BCUT2D eigenvalue weighted by Gasteiger charge is 2.16. The van der Waals surface area contributed by atoms with Crippen molar-refractivity contribution in [2.45, 2.75) is 18.0 Å². The van der Waals surface area contributed by atoms with Crippen LogP contribution in [0.5, 0.6) is 0 Å². The number of hydrogen-bond donors (Lipinski definition) is 2. The Morgan fingerprint density at radius 2 is 1.59 bits per heavy atom. The minimum absolute atomic E-state index is 0.0324. The van der Waals surface area contributed by atoms with Crippen LogP contribution in [0.2, 0.25) is 5.02 Å². The molecule has 1 amide bonds. The molecule has 0 atom stereocenters. The summed E-state index contributed by atoms with van der Waals surface area (Å²) in [5.41, 5.74) is 0.507. The van der Waals surface area contributed by atoms with E-state index in [2.05, 4.69) is 20.2 Å². The number of halogens is 1. The molecule has 0 radical (unpaired) electrons.